The first-order valence-electron chi connectivity index (χ1n) is 10.5. The molecule has 0 atom stereocenters. The average molecular weight is 402 g/mol. The first kappa shape index (κ1) is 19.9. The van der Waals surface area contributed by atoms with Crippen LogP contribution in [0.4, 0.5) is 22.0 Å². The van der Waals surface area contributed by atoms with E-state index >= 15 is 0 Å². The van der Waals surface area contributed by atoms with E-state index in [4.69, 9.17) is 0 Å². The Morgan fingerprint density at radius 3 is 1.93 bits per heavy atom. The summed E-state index contributed by atoms with van der Waals surface area (Å²) in [5, 5.41) is 14.5. The molecule has 0 radical (unpaired) electrons. The Balaban J connectivity index is 1.36. The number of nitrogens with zero attached hydrogens (tertiary/aromatic N) is 3. The molecule has 2 amide bonds. The fourth-order valence-corrected chi connectivity index (χ4v) is 3.60. The highest BCUT2D eigenvalue weighted by atomic mass is 16.2. The number of anilines is 3. The number of rotatable bonds is 4. The second kappa shape index (κ2) is 9.39. The number of amides is 2. The van der Waals surface area contributed by atoms with Gasteiger partial charge in [-0.3, -0.25) is 0 Å². The van der Waals surface area contributed by atoms with Crippen molar-refractivity contribution >= 4 is 23.2 Å². The Morgan fingerprint density at radius 2 is 1.37 bits per heavy atom. The molecular weight excluding hydrogens is 374 g/mol. The van der Waals surface area contributed by atoms with Gasteiger partial charge in [0.2, 0.25) is 0 Å². The second-order valence-electron chi connectivity index (χ2n) is 7.70. The Morgan fingerprint density at radius 1 is 0.767 bits per heavy atom. The highest BCUT2D eigenvalue weighted by Gasteiger charge is 2.12. The van der Waals surface area contributed by atoms with Gasteiger partial charge < -0.3 is 15.5 Å². The van der Waals surface area contributed by atoms with Gasteiger partial charge in [-0.15, -0.1) is 10.2 Å². The lowest BCUT2D eigenvalue weighted by atomic mass is 10.1. The molecule has 3 aromatic rings. The van der Waals surface area contributed by atoms with Gasteiger partial charge in [-0.05, 0) is 56.2 Å². The van der Waals surface area contributed by atoms with E-state index in [2.05, 4.69) is 31.8 Å². The third-order valence-corrected chi connectivity index (χ3v) is 5.33. The molecule has 1 aliphatic rings. The van der Waals surface area contributed by atoms with Crippen molar-refractivity contribution in [2.75, 3.05) is 28.6 Å². The van der Waals surface area contributed by atoms with Crippen molar-refractivity contribution in [3.63, 3.8) is 0 Å². The summed E-state index contributed by atoms with van der Waals surface area (Å²) in [7, 11) is 0. The summed E-state index contributed by atoms with van der Waals surface area (Å²) in [6.45, 7) is 4.12. The van der Waals surface area contributed by atoms with Gasteiger partial charge in [0.25, 0.3) is 0 Å². The predicted molar refractivity (Wildman–Crippen MR) is 122 cm³/mol. The van der Waals surface area contributed by atoms with Crippen LogP contribution in [0.2, 0.25) is 0 Å². The summed E-state index contributed by atoms with van der Waals surface area (Å²) >= 11 is 0. The van der Waals surface area contributed by atoms with Gasteiger partial charge >= 0.3 is 6.03 Å². The smallest absolute Gasteiger partial charge is 0.323 e. The molecule has 4 rings (SSSR count). The van der Waals surface area contributed by atoms with E-state index in [1.165, 1.54) is 25.7 Å². The van der Waals surface area contributed by atoms with E-state index in [0.717, 1.165) is 47.1 Å². The standard InChI is InChI=1S/C24H27N5O/c1-18-6-10-20(11-7-18)25-24(30)26-21-12-8-19(9-13-21)22-14-15-23(28-27-22)29-16-4-2-3-5-17-29/h6-15H,2-5,16-17H2,1H3,(H2,25,26,30). The van der Waals surface area contributed by atoms with Gasteiger partial charge in [-0.25, -0.2) is 4.79 Å². The summed E-state index contributed by atoms with van der Waals surface area (Å²) in [4.78, 5) is 14.5. The van der Waals surface area contributed by atoms with Crippen LogP contribution in [-0.2, 0) is 0 Å². The summed E-state index contributed by atoms with van der Waals surface area (Å²) in [6, 6.07) is 19.1. The van der Waals surface area contributed by atoms with Gasteiger partial charge in [-0.1, -0.05) is 42.7 Å². The maximum absolute atomic E-state index is 12.2. The highest BCUT2D eigenvalue weighted by Crippen LogP contribution is 2.22. The summed E-state index contributed by atoms with van der Waals surface area (Å²) in [6.07, 6.45) is 5.03. The van der Waals surface area contributed by atoms with Crippen molar-refractivity contribution in [3.8, 4) is 11.3 Å². The molecule has 1 aliphatic heterocycles. The molecule has 0 aliphatic carbocycles. The molecule has 2 aromatic carbocycles. The van der Waals surface area contributed by atoms with Crippen LogP contribution >= 0.6 is 0 Å². The lowest BCUT2D eigenvalue weighted by molar-refractivity contribution is 0.262. The van der Waals surface area contributed by atoms with Crippen LogP contribution in [-0.4, -0.2) is 29.3 Å². The topological polar surface area (TPSA) is 70.2 Å². The maximum Gasteiger partial charge on any atom is 0.323 e. The van der Waals surface area contributed by atoms with Gasteiger partial charge in [-0.2, -0.15) is 0 Å². The number of aryl methyl sites for hydroxylation is 1. The zero-order valence-electron chi connectivity index (χ0n) is 17.3. The van der Waals surface area contributed by atoms with Crippen LogP contribution in [0.5, 0.6) is 0 Å². The zero-order chi connectivity index (χ0) is 20.8. The number of urea groups is 1. The number of carbonyl (C=O) groups excluding carboxylic acids is 1. The van der Waals surface area contributed by atoms with Crippen molar-refractivity contribution in [2.45, 2.75) is 32.6 Å². The van der Waals surface area contributed by atoms with Crippen molar-refractivity contribution in [1.29, 1.82) is 0 Å². The van der Waals surface area contributed by atoms with Crippen LogP contribution in [0.15, 0.2) is 60.7 Å². The molecule has 30 heavy (non-hydrogen) atoms. The Hall–Kier alpha value is -3.41. The minimum atomic E-state index is -0.270. The molecule has 1 aromatic heterocycles. The molecule has 0 unspecified atom stereocenters. The second-order valence-corrected chi connectivity index (χ2v) is 7.70. The van der Waals surface area contributed by atoms with E-state index in [0.29, 0.717) is 0 Å². The van der Waals surface area contributed by atoms with E-state index in [9.17, 15) is 4.79 Å². The van der Waals surface area contributed by atoms with Crippen LogP contribution in [0.1, 0.15) is 31.2 Å². The quantitative estimate of drug-likeness (QED) is 0.608. The molecule has 2 N–H and O–H groups in total. The Kier molecular flexibility index (Phi) is 6.23. The minimum absolute atomic E-state index is 0.270. The van der Waals surface area contributed by atoms with Crippen molar-refractivity contribution in [2.24, 2.45) is 0 Å². The van der Waals surface area contributed by atoms with Crippen LogP contribution in [0, 0.1) is 6.92 Å². The molecule has 6 heteroatoms. The van der Waals surface area contributed by atoms with E-state index < -0.39 is 0 Å². The normalized spacial score (nSPS) is 14.1. The molecule has 0 bridgehead atoms. The molecule has 0 spiro atoms. The van der Waals surface area contributed by atoms with E-state index in [-0.39, 0.29) is 6.03 Å². The monoisotopic (exact) mass is 401 g/mol. The van der Waals surface area contributed by atoms with E-state index in [1.807, 2.05) is 61.5 Å². The number of aromatic nitrogens is 2. The Labute approximate surface area is 177 Å². The van der Waals surface area contributed by atoms with Crippen molar-refractivity contribution in [1.82, 2.24) is 10.2 Å². The fraction of sp³-hybridized carbons (Fsp3) is 0.292. The predicted octanol–water partition coefficient (Wildman–Crippen LogP) is 5.48. The third-order valence-electron chi connectivity index (χ3n) is 5.33. The molecule has 0 saturated carbocycles. The van der Waals surface area contributed by atoms with Crippen LogP contribution in [0.3, 0.4) is 0 Å². The maximum atomic E-state index is 12.2. The highest BCUT2D eigenvalue weighted by molar-refractivity contribution is 5.99. The first-order chi connectivity index (χ1) is 14.7. The van der Waals surface area contributed by atoms with Crippen molar-refractivity contribution < 1.29 is 4.79 Å². The third kappa shape index (κ3) is 5.14. The Bertz CT molecular complexity index is 960. The van der Waals surface area contributed by atoms with E-state index in [1.54, 1.807) is 0 Å². The van der Waals surface area contributed by atoms with Gasteiger partial charge in [0.1, 0.15) is 0 Å². The average Bonchev–Trinajstić information content (AvgIpc) is 3.06. The molecular formula is C24H27N5O. The summed E-state index contributed by atoms with van der Waals surface area (Å²) in [5.74, 6) is 0.951. The number of hydrogen-bond acceptors (Lipinski definition) is 4. The lowest BCUT2D eigenvalue weighted by Gasteiger charge is -2.20. The first-order valence-corrected chi connectivity index (χ1v) is 10.5. The minimum Gasteiger partial charge on any atom is -0.355 e. The number of benzene rings is 2. The molecule has 6 nitrogen and oxygen atoms in total. The largest absolute Gasteiger partial charge is 0.355 e. The van der Waals surface area contributed by atoms with Gasteiger partial charge in [0, 0.05) is 30.0 Å². The molecule has 1 fully saturated rings. The lowest BCUT2D eigenvalue weighted by Crippen LogP contribution is -2.25. The van der Waals surface area contributed by atoms with Crippen molar-refractivity contribution in [3.05, 3.63) is 66.2 Å². The molecule has 1 saturated heterocycles. The fourth-order valence-electron chi connectivity index (χ4n) is 3.60. The van der Waals surface area contributed by atoms with Gasteiger partial charge in [0.05, 0.1) is 5.69 Å². The summed E-state index contributed by atoms with van der Waals surface area (Å²) in [5.41, 5.74) is 4.42. The van der Waals surface area contributed by atoms with Crippen LogP contribution < -0.4 is 15.5 Å². The number of hydrogen-bond donors (Lipinski definition) is 2. The van der Waals surface area contributed by atoms with Crippen LogP contribution in [0.25, 0.3) is 11.3 Å². The SMILES string of the molecule is Cc1ccc(NC(=O)Nc2ccc(-c3ccc(N4CCCCCC4)nn3)cc2)cc1. The number of nitrogens with one attached hydrogen (secondary N) is 2. The number of carbonyl (C=O) groups is 1. The molecule has 2 heterocycles. The molecule has 154 valence electrons. The summed E-state index contributed by atoms with van der Waals surface area (Å²) < 4.78 is 0. The zero-order valence-corrected chi connectivity index (χ0v) is 17.3. The van der Waals surface area contributed by atoms with Gasteiger partial charge in [0.15, 0.2) is 5.82 Å².